The normalized spacial score (nSPS) is 13.9. The molecule has 106 valence electrons. The number of carbonyl (C=O) groups excluding carboxylic acids is 1. The number of amides is 1. The van der Waals surface area contributed by atoms with Gasteiger partial charge in [0.2, 0.25) is 5.91 Å². The van der Waals surface area contributed by atoms with Crippen molar-refractivity contribution in [2.75, 3.05) is 19.7 Å². The summed E-state index contributed by atoms with van der Waals surface area (Å²) in [5.74, 6) is -1.08. The largest absolute Gasteiger partial charge is 0.481 e. The highest BCUT2D eigenvalue weighted by Crippen LogP contribution is 1.97. The van der Waals surface area contributed by atoms with Crippen molar-refractivity contribution >= 4 is 11.9 Å². The number of rotatable bonds is 10. The fraction of sp³-hybridized carbons (Fsp3) is 0.833. The van der Waals surface area contributed by atoms with Crippen molar-refractivity contribution in [3.8, 4) is 0 Å². The van der Waals surface area contributed by atoms with Crippen LogP contribution in [0.3, 0.4) is 0 Å². The van der Waals surface area contributed by atoms with Crippen LogP contribution in [-0.4, -0.2) is 48.8 Å². The smallest absolute Gasteiger partial charge is 0.306 e. The minimum absolute atomic E-state index is 0.104. The summed E-state index contributed by atoms with van der Waals surface area (Å²) in [7, 11) is 0. The van der Waals surface area contributed by atoms with Crippen LogP contribution in [0.25, 0.3) is 0 Å². The molecule has 0 saturated carbocycles. The quantitative estimate of drug-likeness (QED) is 0.528. The number of aliphatic carboxylic acids is 1. The Labute approximate surface area is 108 Å². The number of hydrogen-bond acceptors (Lipinski definition) is 4. The van der Waals surface area contributed by atoms with Gasteiger partial charge in [-0.3, -0.25) is 9.59 Å². The van der Waals surface area contributed by atoms with Gasteiger partial charge in [0.1, 0.15) is 0 Å². The lowest BCUT2D eigenvalue weighted by atomic mass is 10.2. The van der Waals surface area contributed by atoms with E-state index in [0.717, 1.165) is 6.42 Å². The molecule has 1 amide bonds. The van der Waals surface area contributed by atoms with Crippen LogP contribution in [0.2, 0.25) is 0 Å². The molecular weight excluding hydrogens is 236 g/mol. The molecule has 0 aromatic rings. The standard InChI is InChI=1S/C12H24N2O4/c1-4-9(3)13-8-11(15)14-7-10(18-5-2)6-12(16)17/h9-10,13H,4-8H2,1-3H3,(H,14,15)(H,16,17). The lowest BCUT2D eigenvalue weighted by Gasteiger charge is -2.16. The first kappa shape index (κ1) is 16.9. The summed E-state index contributed by atoms with van der Waals surface area (Å²) >= 11 is 0. The number of hydrogen-bond donors (Lipinski definition) is 3. The van der Waals surface area contributed by atoms with Crippen molar-refractivity contribution in [3.63, 3.8) is 0 Å². The summed E-state index contributed by atoms with van der Waals surface area (Å²) in [6.45, 7) is 6.72. The average molecular weight is 260 g/mol. The van der Waals surface area contributed by atoms with Gasteiger partial charge in [-0.15, -0.1) is 0 Å². The molecule has 2 atom stereocenters. The van der Waals surface area contributed by atoms with Crippen LogP contribution in [0, 0.1) is 0 Å². The maximum Gasteiger partial charge on any atom is 0.306 e. The molecule has 0 saturated heterocycles. The Morgan fingerprint density at radius 2 is 2.00 bits per heavy atom. The van der Waals surface area contributed by atoms with Gasteiger partial charge in [0.15, 0.2) is 0 Å². The van der Waals surface area contributed by atoms with Gasteiger partial charge in [0.25, 0.3) is 0 Å². The second-order valence-corrected chi connectivity index (χ2v) is 4.17. The molecule has 0 aliphatic heterocycles. The molecule has 0 fully saturated rings. The van der Waals surface area contributed by atoms with Crippen molar-refractivity contribution in [3.05, 3.63) is 0 Å². The first-order valence-corrected chi connectivity index (χ1v) is 6.33. The topological polar surface area (TPSA) is 87.7 Å². The number of nitrogens with one attached hydrogen (secondary N) is 2. The van der Waals surface area contributed by atoms with E-state index >= 15 is 0 Å². The summed E-state index contributed by atoms with van der Waals surface area (Å²) in [4.78, 5) is 22.1. The van der Waals surface area contributed by atoms with Crippen LogP contribution in [0.4, 0.5) is 0 Å². The van der Waals surface area contributed by atoms with Gasteiger partial charge in [0.05, 0.1) is 19.1 Å². The molecule has 0 aromatic heterocycles. The van der Waals surface area contributed by atoms with Crippen molar-refractivity contribution < 1.29 is 19.4 Å². The van der Waals surface area contributed by atoms with Crippen LogP contribution in [0.15, 0.2) is 0 Å². The maximum absolute atomic E-state index is 11.5. The first-order chi connectivity index (χ1) is 8.49. The van der Waals surface area contributed by atoms with E-state index in [4.69, 9.17) is 9.84 Å². The Balaban J connectivity index is 3.87. The third kappa shape index (κ3) is 8.95. The molecule has 18 heavy (non-hydrogen) atoms. The molecule has 6 nitrogen and oxygen atoms in total. The Morgan fingerprint density at radius 1 is 1.33 bits per heavy atom. The minimum atomic E-state index is -0.930. The monoisotopic (exact) mass is 260 g/mol. The van der Waals surface area contributed by atoms with Crippen molar-refractivity contribution in [2.45, 2.75) is 45.8 Å². The second kappa shape index (κ2) is 9.85. The molecule has 0 heterocycles. The lowest BCUT2D eigenvalue weighted by molar-refractivity contribution is -0.140. The summed E-state index contributed by atoms with van der Waals surface area (Å²) in [6, 6.07) is 0.289. The third-order valence-electron chi connectivity index (χ3n) is 2.56. The summed E-state index contributed by atoms with van der Waals surface area (Å²) in [5, 5.41) is 14.4. The number of carboxylic acids is 1. The van der Waals surface area contributed by atoms with Gasteiger partial charge in [0, 0.05) is 19.2 Å². The second-order valence-electron chi connectivity index (χ2n) is 4.17. The Morgan fingerprint density at radius 3 is 2.50 bits per heavy atom. The molecule has 0 aliphatic rings. The third-order valence-corrected chi connectivity index (χ3v) is 2.56. The van der Waals surface area contributed by atoms with Crippen LogP contribution >= 0.6 is 0 Å². The van der Waals surface area contributed by atoms with Gasteiger partial charge < -0.3 is 20.5 Å². The highest BCUT2D eigenvalue weighted by Gasteiger charge is 2.14. The van der Waals surface area contributed by atoms with E-state index in [-0.39, 0.29) is 31.5 Å². The molecule has 0 bridgehead atoms. The van der Waals surface area contributed by atoms with E-state index in [2.05, 4.69) is 10.6 Å². The number of ether oxygens (including phenoxy) is 1. The summed E-state index contributed by atoms with van der Waals surface area (Å²) in [6.07, 6.45) is 0.376. The van der Waals surface area contributed by atoms with Gasteiger partial charge in [-0.25, -0.2) is 0 Å². The molecule has 0 spiro atoms. The van der Waals surface area contributed by atoms with Crippen molar-refractivity contribution in [2.24, 2.45) is 0 Å². The van der Waals surface area contributed by atoms with Gasteiger partial charge in [-0.2, -0.15) is 0 Å². The predicted octanol–water partition coefficient (Wildman–Crippen LogP) is 0.371. The molecule has 3 N–H and O–H groups in total. The first-order valence-electron chi connectivity index (χ1n) is 6.33. The molecular formula is C12H24N2O4. The van der Waals surface area contributed by atoms with Gasteiger partial charge in [-0.1, -0.05) is 6.92 Å². The highest BCUT2D eigenvalue weighted by atomic mass is 16.5. The highest BCUT2D eigenvalue weighted by molar-refractivity contribution is 5.78. The molecule has 0 aromatic carbocycles. The van der Waals surface area contributed by atoms with Crippen molar-refractivity contribution in [1.29, 1.82) is 0 Å². The zero-order valence-corrected chi connectivity index (χ0v) is 11.4. The number of carbonyl (C=O) groups is 2. The Hall–Kier alpha value is -1.14. The average Bonchev–Trinajstić information content (AvgIpc) is 2.32. The van der Waals surface area contributed by atoms with E-state index < -0.39 is 12.1 Å². The Bertz CT molecular complexity index is 258. The SMILES string of the molecule is CCOC(CNC(=O)CNC(C)CC)CC(=O)O. The van der Waals surface area contributed by atoms with Crippen LogP contribution in [0.1, 0.15) is 33.6 Å². The van der Waals surface area contributed by atoms with Crippen LogP contribution in [-0.2, 0) is 14.3 Å². The fourth-order valence-electron chi connectivity index (χ4n) is 1.32. The van der Waals surface area contributed by atoms with E-state index in [1.807, 2.05) is 13.8 Å². The zero-order valence-electron chi connectivity index (χ0n) is 11.4. The molecule has 2 unspecified atom stereocenters. The minimum Gasteiger partial charge on any atom is -0.481 e. The molecule has 0 radical (unpaired) electrons. The van der Waals surface area contributed by atoms with Crippen molar-refractivity contribution in [1.82, 2.24) is 10.6 Å². The van der Waals surface area contributed by atoms with E-state index in [1.54, 1.807) is 6.92 Å². The molecule has 0 aliphatic carbocycles. The van der Waals surface area contributed by atoms with Crippen LogP contribution in [0.5, 0.6) is 0 Å². The fourth-order valence-corrected chi connectivity index (χ4v) is 1.32. The molecule has 0 rings (SSSR count). The van der Waals surface area contributed by atoms with E-state index in [1.165, 1.54) is 0 Å². The van der Waals surface area contributed by atoms with Crippen LogP contribution < -0.4 is 10.6 Å². The van der Waals surface area contributed by atoms with E-state index in [0.29, 0.717) is 6.61 Å². The zero-order chi connectivity index (χ0) is 14.0. The summed E-state index contributed by atoms with van der Waals surface area (Å²) in [5.41, 5.74) is 0. The lowest BCUT2D eigenvalue weighted by Crippen LogP contribution is -2.41. The Kier molecular flexibility index (Phi) is 9.22. The maximum atomic E-state index is 11.5. The van der Waals surface area contributed by atoms with E-state index in [9.17, 15) is 9.59 Å². The predicted molar refractivity (Wildman–Crippen MR) is 68.4 cm³/mol. The summed E-state index contributed by atoms with van der Waals surface area (Å²) < 4.78 is 5.23. The van der Waals surface area contributed by atoms with Gasteiger partial charge in [-0.05, 0) is 20.3 Å². The van der Waals surface area contributed by atoms with Gasteiger partial charge >= 0.3 is 5.97 Å². The number of carboxylic acid groups (broad SMARTS) is 1. The molecule has 6 heteroatoms.